The van der Waals surface area contributed by atoms with E-state index in [2.05, 4.69) is 5.32 Å². The van der Waals surface area contributed by atoms with Gasteiger partial charge in [-0.2, -0.15) is 0 Å². The Morgan fingerprint density at radius 3 is 2.25 bits per heavy atom. The fraction of sp³-hybridized carbons (Fsp3) is 0.250. The Balaban J connectivity index is 2.15. The van der Waals surface area contributed by atoms with Crippen LogP contribution in [0.25, 0.3) is 0 Å². The SMILES string of the molecule is CN(C)Cc1ccccc1NCc1c(F)cccc1F. The van der Waals surface area contributed by atoms with Crippen LogP contribution in [0.5, 0.6) is 0 Å². The Morgan fingerprint density at radius 2 is 1.60 bits per heavy atom. The van der Waals surface area contributed by atoms with E-state index in [1.165, 1.54) is 18.2 Å². The van der Waals surface area contributed by atoms with Gasteiger partial charge in [0.15, 0.2) is 0 Å². The first-order valence-electron chi connectivity index (χ1n) is 6.47. The Labute approximate surface area is 118 Å². The Morgan fingerprint density at radius 1 is 0.950 bits per heavy atom. The zero-order valence-corrected chi connectivity index (χ0v) is 11.7. The molecule has 2 aromatic rings. The average Bonchev–Trinajstić information content (AvgIpc) is 2.39. The molecule has 0 atom stereocenters. The minimum absolute atomic E-state index is 0.0622. The lowest BCUT2D eigenvalue weighted by Crippen LogP contribution is -2.13. The number of anilines is 1. The van der Waals surface area contributed by atoms with Gasteiger partial charge in [-0.15, -0.1) is 0 Å². The fourth-order valence-electron chi connectivity index (χ4n) is 2.06. The molecular formula is C16H18F2N2. The summed E-state index contributed by atoms with van der Waals surface area (Å²) < 4.78 is 27.2. The highest BCUT2D eigenvalue weighted by molar-refractivity contribution is 5.51. The van der Waals surface area contributed by atoms with Crippen LogP contribution in [0, 0.1) is 11.6 Å². The molecule has 2 nitrogen and oxygen atoms in total. The van der Waals surface area contributed by atoms with Crippen LogP contribution in [0.3, 0.4) is 0 Å². The molecule has 106 valence electrons. The van der Waals surface area contributed by atoms with E-state index < -0.39 is 11.6 Å². The number of para-hydroxylation sites is 1. The minimum atomic E-state index is -0.525. The normalized spacial score (nSPS) is 10.8. The van der Waals surface area contributed by atoms with Crippen molar-refractivity contribution in [3.8, 4) is 0 Å². The largest absolute Gasteiger partial charge is 0.380 e. The second kappa shape index (κ2) is 6.48. The van der Waals surface area contributed by atoms with Gasteiger partial charge in [-0.1, -0.05) is 24.3 Å². The molecule has 0 aliphatic heterocycles. The topological polar surface area (TPSA) is 15.3 Å². The van der Waals surface area contributed by atoms with Gasteiger partial charge in [0, 0.05) is 24.3 Å². The molecule has 0 unspecified atom stereocenters. The van der Waals surface area contributed by atoms with E-state index in [9.17, 15) is 8.78 Å². The molecule has 0 fully saturated rings. The van der Waals surface area contributed by atoms with Crippen molar-refractivity contribution in [2.24, 2.45) is 0 Å². The second-order valence-electron chi connectivity index (χ2n) is 4.95. The van der Waals surface area contributed by atoms with Gasteiger partial charge in [-0.25, -0.2) is 8.78 Å². The Bertz CT molecular complexity index is 562. The smallest absolute Gasteiger partial charge is 0.131 e. The van der Waals surface area contributed by atoms with Crippen LogP contribution in [0.15, 0.2) is 42.5 Å². The zero-order chi connectivity index (χ0) is 14.5. The maximum atomic E-state index is 13.6. The summed E-state index contributed by atoms with van der Waals surface area (Å²) in [5.74, 6) is -1.05. The van der Waals surface area contributed by atoms with E-state index in [0.717, 1.165) is 17.8 Å². The van der Waals surface area contributed by atoms with Crippen molar-refractivity contribution in [3.63, 3.8) is 0 Å². The first kappa shape index (κ1) is 14.5. The van der Waals surface area contributed by atoms with Crippen molar-refractivity contribution in [3.05, 3.63) is 65.2 Å². The molecule has 0 aromatic heterocycles. The summed E-state index contributed by atoms with van der Waals surface area (Å²) in [5, 5.41) is 3.11. The quantitative estimate of drug-likeness (QED) is 0.897. The summed E-state index contributed by atoms with van der Waals surface area (Å²) in [6.45, 7) is 0.895. The van der Waals surface area contributed by atoms with E-state index in [4.69, 9.17) is 0 Å². The molecule has 2 aromatic carbocycles. The van der Waals surface area contributed by atoms with Crippen LogP contribution in [0.2, 0.25) is 0 Å². The van der Waals surface area contributed by atoms with Gasteiger partial charge < -0.3 is 10.2 Å². The minimum Gasteiger partial charge on any atom is -0.380 e. The van der Waals surface area contributed by atoms with Gasteiger partial charge in [-0.05, 0) is 37.9 Å². The van der Waals surface area contributed by atoms with Crippen LogP contribution in [0.1, 0.15) is 11.1 Å². The lowest BCUT2D eigenvalue weighted by atomic mass is 10.1. The lowest BCUT2D eigenvalue weighted by molar-refractivity contribution is 0.403. The number of benzene rings is 2. The van der Waals surface area contributed by atoms with Crippen LogP contribution in [-0.4, -0.2) is 19.0 Å². The fourth-order valence-corrected chi connectivity index (χ4v) is 2.06. The molecule has 4 heteroatoms. The van der Waals surface area contributed by atoms with Gasteiger partial charge >= 0.3 is 0 Å². The third kappa shape index (κ3) is 3.54. The van der Waals surface area contributed by atoms with Crippen molar-refractivity contribution in [1.82, 2.24) is 4.90 Å². The van der Waals surface area contributed by atoms with Crippen LogP contribution < -0.4 is 5.32 Å². The molecule has 0 spiro atoms. The summed E-state index contributed by atoms with van der Waals surface area (Å²) in [6, 6.07) is 11.7. The number of nitrogens with one attached hydrogen (secondary N) is 1. The molecule has 2 rings (SSSR count). The number of hydrogen-bond acceptors (Lipinski definition) is 2. The number of hydrogen-bond donors (Lipinski definition) is 1. The van der Waals surface area contributed by atoms with Crippen LogP contribution in [-0.2, 0) is 13.1 Å². The summed E-state index contributed by atoms with van der Waals surface area (Å²) in [4.78, 5) is 2.05. The lowest BCUT2D eigenvalue weighted by Gasteiger charge is -2.16. The number of halogens is 2. The maximum Gasteiger partial charge on any atom is 0.131 e. The van der Waals surface area contributed by atoms with Crippen molar-refractivity contribution in [1.29, 1.82) is 0 Å². The molecule has 0 saturated carbocycles. The van der Waals surface area contributed by atoms with E-state index >= 15 is 0 Å². The van der Waals surface area contributed by atoms with Crippen molar-refractivity contribution in [2.75, 3.05) is 19.4 Å². The molecule has 0 aliphatic rings. The third-order valence-corrected chi connectivity index (χ3v) is 3.02. The predicted molar refractivity (Wildman–Crippen MR) is 77.5 cm³/mol. The number of nitrogens with zero attached hydrogens (tertiary/aromatic N) is 1. The van der Waals surface area contributed by atoms with Crippen LogP contribution >= 0.6 is 0 Å². The van der Waals surface area contributed by atoms with E-state index in [1.54, 1.807) is 0 Å². The van der Waals surface area contributed by atoms with E-state index in [-0.39, 0.29) is 12.1 Å². The highest BCUT2D eigenvalue weighted by atomic mass is 19.1. The standard InChI is InChI=1S/C16H18F2N2/c1-20(2)11-12-6-3-4-9-16(12)19-10-13-14(17)7-5-8-15(13)18/h3-9,19H,10-11H2,1-2H3. The predicted octanol–water partition coefficient (Wildman–Crippen LogP) is 3.64. The molecule has 0 bridgehead atoms. The van der Waals surface area contributed by atoms with Gasteiger partial charge in [0.2, 0.25) is 0 Å². The Hall–Kier alpha value is -1.94. The highest BCUT2D eigenvalue weighted by Crippen LogP contribution is 2.19. The highest BCUT2D eigenvalue weighted by Gasteiger charge is 2.09. The molecule has 20 heavy (non-hydrogen) atoms. The van der Waals surface area contributed by atoms with Gasteiger partial charge in [0.25, 0.3) is 0 Å². The first-order valence-corrected chi connectivity index (χ1v) is 6.47. The number of rotatable bonds is 5. The van der Waals surface area contributed by atoms with Crippen LogP contribution in [0.4, 0.5) is 14.5 Å². The van der Waals surface area contributed by atoms with E-state index in [0.29, 0.717) is 0 Å². The molecular weight excluding hydrogens is 258 g/mol. The van der Waals surface area contributed by atoms with Crippen molar-refractivity contribution < 1.29 is 8.78 Å². The van der Waals surface area contributed by atoms with Crippen molar-refractivity contribution in [2.45, 2.75) is 13.1 Å². The first-order chi connectivity index (χ1) is 9.58. The zero-order valence-electron chi connectivity index (χ0n) is 11.7. The molecule has 0 aliphatic carbocycles. The van der Waals surface area contributed by atoms with Gasteiger partial charge in [0.05, 0.1) is 0 Å². The molecule has 1 N–H and O–H groups in total. The monoisotopic (exact) mass is 276 g/mol. The molecule has 0 heterocycles. The van der Waals surface area contributed by atoms with Gasteiger partial charge in [0.1, 0.15) is 11.6 Å². The van der Waals surface area contributed by atoms with Crippen molar-refractivity contribution >= 4 is 5.69 Å². The van der Waals surface area contributed by atoms with E-state index in [1.807, 2.05) is 43.3 Å². The summed E-state index contributed by atoms with van der Waals surface area (Å²) >= 11 is 0. The molecule has 0 amide bonds. The Kier molecular flexibility index (Phi) is 4.69. The summed E-state index contributed by atoms with van der Waals surface area (Å²) in [6.07, 6.45) is 0. The van der Waals surface area contributed by atoms with Gasteiger partial charge in [-0.3, -0.25) is 0 Å². The molecule has 0 saturated heterocycles. The molecule has 0 radical (unpaired) electrons. The summed E-state index contributed by atoms with van der Waals surface area (Å²) in [7, 11) is 3.96. The maximum absolute atomic E-state index is 13.6. The second-order valence-corrected chi connectivity index (χ2v) is 4.95. The third-order valence-electron chi connectivity index (χ3n) is 3.02. The summed E-state index contributed by atoms with van der Waals surface area (Å²) in [5.41, 5.74) is 2.05. The average molecular weight is 276 g/mol.